The molecule has 0 aromatic heterocycles. The highest BCUT2D eigenvalue weighted by atomic mass is 16.4. The van der Waals surface area contributed by atoms with Gasteiger partial charge in [-0.25, -0.2) is 20.4 Å². The molecule has 0 saturated carbocycles. The topological polar surface area (TPSA) is 194 Å². The Kier molecular flexibility index (Phi) is 16.8. The van der Waals surface area contributed by atoms with Gasteiger partial charge in [-0.2, -0.15) is 0 Å². The predicted octanol–water partition coefficient (Wildman–Crippen LogP) is 3.47. The highest BCUT2D eigenvalue weighted by Crippen LogP contribution is 2.39. The van der Waals surface area contributed by atoms with Gasteiger partial charge in [-0.1, -0.05) is 0 Å². The van der Waals surface area contributed by atoms with E-state index in [0.29, 0.717) is 32.6 Å². The van der Waals surface area contributed by atoms with Crippen LogP contribution in [-0.2, 0) is 0 Å². The maximum Gasteiger partial charge on any atom is 0.338 e. The standard InChI is InChI=1S/C42H66N10O6/c53-39(47-45-15-11-27-51-21-5-6-22-51)31-29-33(43-13-9-25-49-17-1-2-18-49)37(40(54)48-46-16-12-28-52-23-7-8-24-52)36-32(41(55)56)30-34(38(35(31)36)42(57)58)44-14-10-26-50-19-3-4-20-50/h29-30,43-46H,1-28H2,(H,47,53)(H,48,54)(H,55,56)(H,57,58). The fourth-order valence-electron chi connectivity index (χ4n) is 8.99. The number of amides is 2. The summed E-state index contributed by atoms with van der Waals surface area (Å²) >= 11 is 0. The summed E-state index contributed by atoms with van der Waals surface area (Å²) in [4.78, 5) is 64.7. The Labute approximate surface area is 342 Å². The summed E-state index contributed by atoms with van der Waals surface area (Å²) in [6, 6.07) is 2.82. The average Bonchev–Trinajstić information content (AvgIpc) is 4.07. The van der Waals surface area contributed by atoms with Crippen molar-refractivity contribution in [3.8, 4) is 0 Å². The minimum Gasteiger partial charge on any atom is -0.478 e. The first-order valence-corrected chi connectivity index (χ1v) is 21.9. The van der Waals surface area contributed by atoms with Crippen LogP contribution in [0.25, 0.3) is 10.8 Å². The van der Waals surface area contributed by atoms with Gasteiger partial charge in [0, 0.05) is 42.6 Å². The minimum absolute atomic E-state index is 0.0289. The molecule has 0 aliphatic carbocycles. The number of aromatic carboxylic acids is 2. The lowest BCUT2D eigenvalue weighted by Gasteiger charge is -2.23. The molecule has 16 heteroatoms. The van der Waals surface area contributed by atoms with Gasteiger partial charge in [0.05, 0.1) is 27.9 Å². The first kappa shape index (κ1) is 43.5. The third-order valence-electron chi connectivity index (χ3n) is 12.0. The first-order chi connectivity index (χ1) is 28.3. The molecule has 16 nitrogen and oxygen atoms in total. The lowest BCUT2D eigenvalue weighted by molar-refractivity contribution is 0.0684. The van der Waals surface area contributed by atoms with Gasteiger partial charge in [-0.05, 0) is 168 Å². The predicted molar refractivity (Wildman–Crippen MR) is 227 cm³/mol. The molecule has 2 aromatic rings. The van der Waals surface area contributed by atoms with E-state index in [0.717, 1.165) is 123 Å². The lowest BCUT2D eigenvalue weighted by atomic mass is 9.88. The molecule has 4 saturated heterocycles. The quantitative estimate of drug-likeness (QED) is 0.0568. The van der Waals surface area contributed by atoms with E-state index in [1.54, 1.807) is 0 Å². The maximum atomic E-state index is 14.3. The molecular formula is C42H66N10O6. The van der Waals surface area contributed by atoms with Crippen molar-refractivity contribution in [3.05, 3.63) is 34.4 Å². The van der Waals surface area contributed by atoms with E-state index < -0.39 is 23.8 Å². The number of anilines is 2. The number of carboxylic acids is 2. The largest absolute Gasteiger partial charge is 0.478 e. The molecule has 4 heterocycles. The summed E-state index contributed by atoms with van der Waals surface area (Å²) < 4.78 is 0. The second kappa shape index (κ2) is 22.3. The van der Waals surface area contributed by atoms with E-state index in [2.05, 4.69) is 51.9 Å². The van der Waals surface area contributed by atoms with Crippen LogP contribution in [0.3, 0.4) is 0 Å². The van der Waals surface area contributed by atoms with Crippen LogP contribution < -0.4 is 32.3 Å². The fourth-order valence-corrected chi connectivity index (χ4v) is 8.99. The zero-order chi connectivity index (χ0) is 40.7. The average molecular weight is 807 g/mol. The van der Waals surface area contributed by atoms with E-state index >= 15 is 0 Å². The van der Waals surface area contributed by atoms with Gasteiger partial charge in [0.15, 0.2) is 0 Å². The van der Waals surface area contributed by atoms with Crippen molar-refractivity contribution >= 4 is 45.9 Å². The second-order valence-electron chi connectivity index (χ2n) is 16.3. The van der Waals surface area contributed by atoms with Crippen LogP contribution in [0, 0.1) is 0 Å². The molecule has 8 N–H and O–H groups in total. The lowest BCUT2D eigenvalue weighted by Crippen LogP contribution is -2.40. The van der Waals surface area contributed by atoms with Gasteiger partial charge in [0.1, 0.15) is 0 Å². The molecule has 4 aliphatic rings. The summed E-state index contributed by atoms with van der Waals surface area (Å²) in [5.74, 6) is -3.92. The summed E-state index contributed by atoms with van der Waals surface area (Å²) in [7, 11) is 0. The molecule has 0 unspecified atom stereocenters. The van der Waals surface area contributed by atoms with E-state index in [9.17, 15) is 29.4 Å². The van der Waals surface area contributed by atoms with Crippen LogP contribution in [0.4, 0.5) is 11.4 Å². The normalized spacial score (nSPS) is 18.0. The van der Waals surface area contributed by atoms with Crippen molar-refractivity contribution in [3.63, 3.8) is 0 Å². The Morgan fingerprint density at radius 2 is 0.828 bits per heavy atom. The molecule has 0 spiro atoms. The molecule has 4 aliphatic heterocycles. The number of nitrogens with zero attached hydrogens (tertiary/aromatic N) is 4. The van der Waals surface area contributed by atoms with Crippen molar-refractivity contribution in [1.29, 1.82) is 0 Å². The van der Waals surface area contributed by atoms with Crippen LogP contribution in [0.2, 0.25) is 0 Å². The van der Waals surface area contributed by atoms with Crippen LogP contribution in [0.5, 0.6) is 0 Å². The first-order valence-electron chi connectivity index (χ1n) is 21.9. The Morgan fingerprint density at radius 3 is 1.24 bits per heavy atom. The number of benzene rings is 2. The Hall–Kier alpha value is -4.06. The third kappa shape index (κ3) is 12.0. The molecule has 58 heavy (non-hydrogen) atoms. The fraction of sp³-hybridized carbons (Fsp3) is 0.667. The van der Waals surface area contributed by atoms with Crippen LogP contribution >= 0.6 is 0 Å². The van der Waals surface area contributed by atoms with Gasteiger partial charge in [-0.3, -0.25) is 20.4 Å². The number of carbonyl (C=O) groups excluding carboxylic acids is 2. The molecule has 4 fully saturated rings. The monoisotopic (exact) mass is 807 g/mol. The summed E-state index contributed by atoms with van der Waals surface area (Å²) in [5.41, 5.74) is 11.3. The number of hydrazine groups is 2. The van der Waals surface area contributed by atoms with E-state index in [4.69, 9.17) is 0 Å². The highest BCUT2D eigenvalue weighted by Gasteiger charge is 2.31. The third-order valence-corrected chi connectivity index (χ3v) is 12.0. The van der Waals surface area contributed by atoms with Gasteiger partial charge in [0.25, 0.3) is 11.8 Å². The number of hydrogen-bond acceptors (Lipinski definition) is 12. The molecule has 6 rings (SSSR count). The maximum absolute atomic E-state index is 14.3. The smallest absolute Gasteiger partial charge is 0.338 e. The molecule has 0 radical (unpaired) electrons. The zero-order valence-electron chi connectivity index (χ0n) is 34.3. The number of carboxylic acid groups (broad SMARTS) is 2. The number of fused-ring (bicyclic) bond motifs is 1. The molecule has 2 aromatic carbocycles. The summed E-state index contributed by atoms with van der Waals surface area (Å²) in [6.45, 7) is 13.7. The molecular weight excluding hydrogens is 741 g/mol. The van der Waals surface area contributed by atoms with Crippen molar-refractivity contribution < 1.29 is 29.4 Å². The number of hydrogen-bond donors (Lipinski definition) is 8. The summed E-state index contributed by atoms with van der Waals surface area (Å²) in [6.07, 6.45) is 12.4. The second-order valence-corrected chi connectivity index (χ2v) is 16.3. The molecule has 0 atom stereocenters. The van der Waals surface area contributed by atoms with Gasteiger partial charge < -0.3 is 40.4 Å². The SMILES string of the molecule is O=C(O)c1cc(NCCCN2CCCC2)c(C(=O)O)c2c(C(=O)NNCCCN3CCCC3)cc(NCCCN3CCCC3)c(C(=O)NNCCCN3CCCC3)c12. The van der Waals surface area contributed by atoms with E-state index in [-0.39, 0.29) is 44.4 Å². The molecule has 0 bridgehead atoms. The van der Waals surface area contributed by atoms with Gasteiger partial charge >= 0.3 is 11.9 Å². The van der Waals surface area contributed by atoms with E-state index in [1.165, 1.54) is 37.8 Å². The highest BCUT2D eigenvalue weighted by molar-refractivity contribution is 6.27. The number of carbonyl (C=O) groups is 4. The minimum atomic E-state index is -1.34. The van der Waals surface area contributed by atoms with E-state index in [1.807, 2.05) is 0 Å². The Balaban J connectivity index is 1.34. The van der Waals surface area contributed by atoms with Crippen molar-refractivity contribution in [1.82, 2.24) is 41.3 Å². The van der Waals surface area contributed by atoms with Gasteiger partial charge in [-0.15, -0.1) is 0 Å². The van der Waals surface area contributed by atoms with Crippen molar-refractivity contribution in [2.24, 2.45) is 0 Å². The number of nitrogens with one attached hydrogen (secondary N) is 6. The molecule has 320 valence electrons. The number of rotatable bonds is 24. The number of likely N-dealkylation sites (tertiary alicyclic amines) is 4. The van der Waals surface area contributed by atoms with Crippen LogP contribution in [0.15, 0.2) is 12.1 Å². The molecule has 2 amide bonds. The zero-order valence-corrected chi connectivity index (χ0v) is 34.3. The van der Waals surface area contributed by atoms with Gasteiger partial charge in [0.2, 0.25) is 0 Å². The Bertz CT molecular complexity index is 1700. The van der Waals surface area contributed by atoms with Crippen LogP contribution in [-0.4, -0.2) is 158 Å². The Morgan fingerprint density at radius 1 is 0.466 bits per heavy atom. The van der Waals surface area contributed by atoms with Crippen molar-refractivity contribution in [2.45, 2.75) is 77.0 Å². The summed E-state index contributed by atoms with van der Waals surface area (Å²) in [5, 5.41) is 28.0. The van der Waals surface area contributed by atoms with Crippen LogP contribution in [0.1, 0.15) is 118 Å². The van der Waals surface area contributed by atoms with Crippen molar-refractivity contribution in [2.75, 3.05) is 115 Å².